The first kappa shape index (κ1) is 13.7. The molecule has 1 aromatic heterocycles. The van der Waals surface area contributed by atoms with Gasteiger partial charge in [-0.15, -0.1) is 0 Å². The monoisotopic (exact) mass is 361 g/mol. The van der Waals surface area contributed by atoms with Gasteiger partial charge in [-0.2, -0.15) is 0 Å². The Kier molecular flexibility index (Phi) is 3.82. The summed E-state index contributed by atoms with van der Waals surface area (Å²) in [6, 6.07) is 4.06. The summed E-state index contributed by atoms with van der Waals surface area (Å²) in [7, 11) is 0. The molecule has 1 aliphatic carbocycles. The summed E-state index contributed by atoms with van der Waals surface area (Å²) in [5.74, 6) is 1.60. The van der Waals surface area contributed by atoms with E-state index in [0.29, 0.717) is 21.5 Å². The van der Waals surface area contributed by atoms with Crippen molar-refractivity contribution >= 4 is 50.1 Å². The van der Waals surface area contributed by atoms with Gasteiger partial charge in [0.1, 0.15) is 5.76 Å². The van der Waals surface area contributed by atoms with E-state index in [-0.39, 0.29) is 6.04 Å². The number of benzene rings is 1. The van der Waals surface area contributed by atoms with Gasteiger partial charge in [0.25, 0.3) is 0 Å². The van der Waals surface area contributed by atoms with E-state index in [1.807, 2.05) is 6.07 Å². The van der Waals surface area contributed by atoms with Crippen LogP contribution < -0.4 is 5.32 Å². The third-order valence-corrected chi connectivity index (χ3v) is 5.03. The zero-order valence-electron chi connectivity index (χ0n) is 10.5. The second-order valence-electron chi connectivity index (χ2n) is 4.92. The molecule has 2 nitrogen and oxygen atoms in total. The van der Waals surface area contributed by atoms with Gasteiger partial charge in [-0.1, -0.05) is 30.1 Å². The van der Waals surface area contributed by atoms with Crippen LogP contribution in [0.15, 0.2) is 21.0 Å². The maximum absolute atomic E-state index is 6.30. The van der Waals surface area contributed by atoms with Crippen LogP contribution >= 0.6 is 39.1 Å². The normalized spacial score (nSPS) is 17.1. The number of halogens is 3. The van der Waals surface area contributed by atoms with Crippen molar-refractivity contribution in [3.8, 4) is 0 Å². The van der Waals surface area contributed by atoms with Gasteiger partial charge in [0.05, 0.1) is 16.1 Å². The molecular formula is C14H14BrCl2NO. The first-order valence-electron chi connectivity index (χ1n) is 6.42. The zero-order chi connectivity index (χ0) is 13.6. The largest absolute Gasteiger partial charge is 0.458 e. The molecule has 2 aromatic rings. The number of rotatable bonds is 4. The molecule has 0 amide bonds. The van der Waals surface area contributed by atoms with Crippen molar-refractivity contribution in [2.75, 3.05) is 6.54 Å². The number of fused-ring (bicyclic) bond motifs is 1. The van der Waals surface area contributed by atoms with Crippen LogP contribution in [0.1, 0.15) is 31.6 Å². The van der Waals surface area contributed by atoms with Crippen molar-refractivity contribution in [2.24, 2.45) is 5.92 Å². The van der Waals surface area contributed by atoms with Crippen molar-refractivity contribution in [2.45, 2.75) is 25.8 Å². The highest BCUT2D eigenvalue weighted by molar-refractivity contribution is 9.10. The van der Waals surface area contributed by atoms with Crippen LogP contribution in [-0.2, 0) is 0 Å². The molecule has 5 heteroatoms. The van der Waals surface area contributed by atoms with E-state index in [2.05, 4.69) is 28.2 Å². The second-order valence-corrected chi connectivity index (χ2v) is 6.56. The molecule has 3 rings (SSSR count). The highest BCUT2D eigenvalue weighted by Gasteiger charge is 2.34. The van der Waals surface area contributed by atoms with Crippen molar-refractivity contribution in [3.05, 3.63) is 32.4 Å². The molecule has 1 heterocycles. The fourth-order valence-electron chi connectivity index (χ4n) is 2.42. The van der Waals surface area contributed by atoms with E-state index in [1.54, 1.807) is 6.07 Å². The maximum atomic E-state index is 6.30. The number of hydrogen-bond donors (Lipinski definition) is 1. The molecular weight excluding hydrogens is 349 g/mol. The highest BCUT2D eigenvalue weighted by atomic mass is 79.9. The van der Waals surface area contributed by atoms with Crippen LogP contribution in [0.3, 0.4) is 0 Å². The van der Waals surface area contributed by atoms with Crippen molar-refractivity contribution < 1.29 is 4.42 Å². The Hall–Kier alpha value is -0.220. The Morgan fingerprint density at radius 2 is 2.16 bits per heavy atom. The van der Waals surface area contributed by atoms with Gasteiger partial charge in [0.15, 0.2) is 5.58 Å². The van der Waals surface area contributed by atoms with Crippen molar-refractivity contribution in [1.29, 1.82) is 0 Å². The SMILES string of the molecule is CCNC(c1cc2c(Cl)c(Br)cc(Cl)c2o1)C1CC1. The summed E-state index contributed by atoms with van der Waals surface area (Å²) in [6.07, 6.45) is 2.50. The van der Waals surface area contributed by atoms with E-state index in [0.717, 1.165) is 22.2 Å². The third-order valence-electron chi connectivity index (χ3n) is 3.49. The van der Waals surface area contributed by atoms with Gasteiger partial charge >= 0.3 is 0 Å². The molecule has 1 atom stereocenters. The lowest BCUT2D eigenvalue weighted by atomic mass is 10.1. The first-order valence-corrected chi connectivity index (χ1v) is 7.97. The van der Waals surface area contributed by atoms with Crippen LogP contribution in [-0.4, -0.2) is 6.54 Å². The Balaban J connectivity index is 2.10. The standard InChI is InChI=1S/C14H14BrCl2NO/c1-2-18-13(7-3-4-7)11-5-8-12(17)9(15)6-10(16)14(8)19-11/h5-7,13,18H,2-4H2,1H3. The molecule has 0 saturated heterocycles. The maximum Gasteiger partial charge on any atom is 0.154 e. The summed E-state index contributed by atoms with van der Waals surface area (Å²) < 4.78 is 6.75. The number of hydrogen-bond acceptors (Lipinski definition) is 2. The predicted molar refractivity (Wildman–Crippen MR) is 83.1 cm³/mol. The van der Waals surface area contributed by atoms with Gasteiger partial charge < -0.3 is 9.73 Å². The first-order chi connectivity index (χ1) is 9.11. The molecule has 1 aliphatic rings. The van der Waals surface area contributed by atoms with Crippen LogP contribution in [0, 0.1) is 5.92 Å². The molecule has 1 fully saturated rings. The fourth-order valence-corrected chi connectivity index (χ4v) is 3.44. The van der Waals surface area contributed by atoms with Gasteiger partial charge in [-0.25, -0.2) is 0 Å². The topological polar surface area (TPSA) is 25.2 Å². The summed E-state index contributed by atoms with van der Waals surface area (Å²) in [5.41, 5.74) is 0.674. The average molecular weight is 363 g/mol. The molecule has 0 bridgehead atoms. The number of furan rings is 1. The van der Waals surface area contributed by atoms with Crippen LogP contribution in [0.4, 0.5) is 0 Å². The van der Waals surface area contributed by atoms with Crippen LogP contribution in [0.5, 0.6) is 0 Å². The van der Waals surface area contributed by atoms with Gasteiger partial charge in [-0.3, -0.25) is 0 Å². The van der Waals surface area contributed by atoms with Crippen molar-refractivity contribution in [1.82, 2.24) is 5.32 Å². The molecule has 1 aromatic carbocycles. The summed E-state index contributed by atoms with van der Waals surface area (Å²) in [5, 5.41) is 5.60. The minimum Gasteiger partial charge on any atom is -0.458 e. The molecule has 0 radical (unpaired) electrons. The zero-order valence-corrected chi connectivity index (χ0v) is 13.6. The van der Waals surface area contributed by atoms with E-state index in [4.69, 9.17) is 27.6 Å². The summed E-state index contributed by atoms with van der Waals surface area (Å²) in [6.45, 7) is 3.03. The lowest BCUT2D eigenvalue weighted by Crippen LogP contribution is -2.21. The van der Waals surface area contributed by atoms with Gasteiger partial charge in [0.2, 0.25) is 0 Å². The third kappa shape index (κ3) is 2.54. The lowest BCUT2D eigenvalue weighted by molar-refractivity contribution is 0.403. The Labute approximate surface area is 130 Å². The molecule has 1 N–H and O–H groups in total. The number of nitrogens with one attached hydrogen (secondary N) is 1. The Morgan fingerprint density at radius 3 is 2.79 bits per heavy atom. The second kappa shape index (κ2) is 5.28. The molecule has 1 unspecified atom stereocenters. The van der Waals surface area contributed by atoms with Crippen molar-refractivity contribution in [3.63, 3.8) is 0 Å². The van der Waals surface area contributed by atoms with E-state index < -0.39 is 0 Å². The van der Waals surface area contributed by atoms with Gasteiger partial charge in [-0.05, 0) is 53.4 Å². The molecule has 0 spiro atoms. The minimum absolute atomic E-state index is 0.267. The van der Waals surface area contributed by atoms with E-state index in [9.17, 15) is 0 Å². The fraction of sp³-hybridized carbons (Fsp3) is 0.429. The average Bonchev–Trinajstić information content (AvgIpc) is 3.11. The minimum atomic E-state index is 0.267. The molecule has 1 saturated carbocycles. The van der Waals surface area contributed by atoms with E-state index in [1.165, 1.54) is 12.8 Å². The van der Waals surface area contributed by atoms with Crippen LogP contribution in [0.2, 0.25) is 10.0 Å². The molecule has 102 valence electrons. The van der Waals surface area contributed by atoms with Crippen LogP contribution in [0.25, 0.3) is 11.0 Å². The highest BCUT2D eigenvalue weighted by Crippen LogP contribution is 2.45. The molecule has 19 heavy (non-hydrogen) atoms. The predicted octanol–water partition coefficient (Wildman–Crippen LogP) is 5.56. The smallest absolute Gasteiger partial charge is 0.154 e. The lowest BCUT2D eigenvalue weighted by Gasteiger charge is -2.13. The molecule has 0 aliphatic heterocycles. The summed E-state index contributed by atoms with van der Waals surface area (Å²) >= 11 is 15.9. The summed E-state index contributed by atoms with van der Waals surface area (Å²) in [4.78, 5) is 0. The Bertz CT molecular complexity index is 621. The van der Waals surface area contributed by atoms with E-state index >= 15 is 0 Å². The quantitative estimate of drug-likeness (QED) is 0.720. The van der Waals surface area contributed by atoms with Gasteiger partial charge in [0, 0.05) is 9.86 Å². The Morgan fingerprint density at radius 1 is 1.42 bits per heavy atom.